The Bertz CT molecular complexity index is 2120. The van der Waals surface area contributed by atoms with Gasteiger partial charge in [-0.2, -0.15) is 0 Å². The molecule has 47 heavy (non-hydrogen) atoms. The first-order chi connectivity index (χ1) is 22.4. The first-order valence-electron chi connectivity index (χ1n) is 16.9. The summed E-state index contributed by atoms with van der Waals surface area (Å²) in [6.07, 6.45) is 4.61. The number of aromatic hydroxyl groups is 1. The van der Waals surface area contributed by atoms with E-state index in [9.17, 15) is 5.11 Å². The summed E-state index contributed by atoms with van der Waals surface area (Å²) in [5, 5.41) is 11.8. The number of rotatable bonds is 4. The van der Waals surface area contributed by atoms with E-state index in [1.54, 1.807) is 0 Å². The Morgan fingerprint density at radius 3 is 2.11 bits per heavy atom. The van der Waals surface area contributed by atoms with E-state index < -0.39 is 0 Å². The Morgan fingerprint density at radius 1 is 0.638 bits per heavy atom. The van der Waals surface area contributed by atoms with Crippen LogP contribution in [0.4, 0.5) is 0 Å². The highest BCUT2D eigenvalue weighted by atomic mass is 16.3. The lowest BCUT2D eigenvalue weighted by Gasteiger charge is -2.27. The molecule has 6 aromatic rings. The normalized spacial score (nSPS) is 13.6. The third kappa shape index (κ3) is 5.75. The molecule has 4 aromatic carbocycles. The molecule has 1 aliphatic carbocycles. The van der Waals surface area contributed by atoms with E-state index in [0.717, 1.165) is 68.8 Å². The number of para-hydroxylation sites is 1. The molecule has 0 atom stereocenters. The van der Waals surface area contributed by atoms with Gasteiger partial charge >= 0.3 is 0 Å². The Balaban J connectivity index is 1.44. The molecule has 4 nitrogen and oxygen atoms in total. The standard InChI is InChI=1S/C43H45N3O/c1-42(2,3)32-25-34(40(47)35(26-32)43(4,5)6)41-45-39-33(17-13-19-38(39)46(41)7)30-22-29(27-14-9-8-10-15-27)23-31(24-30)37-21-20-28-16-11-12-18-36(28)44-37/h8-10,13-15,17,19-26,47H,11-12,16,18H2,1-7H3. The molecular formula is C43H45N3O. The largest absolute Gasteiger partial charge is 0.507 e. The fourth-order valence-corrected chi connectivity index (χ4v) is 6.97. The van der Waals surface area contributed by atoms with Gasteiger partial charge in [0.1, 0.15) is 11.6 Å². The van der Waals surface area contributed by atoms with E-state index in [1.165, 1.54) is 35.2 Å². The predicted molar refractivity (Wildman–Crippen MR) is 196 cm³/mol. The summed E-state index contributed by atoms with van der Waals surface area (Å²) in [7, 11) is 2.05. The number of imidazole rings is 1. The van der Waals surface area contributed by atoms with Crippen LogP contribution in [0.5, 0.6) is 5.75 Å². The van der Waals surface area contributed by atoms with Gasteiger partial charge in [-0.3, -0.25) is 4.98 Å². The fraction of sp³-hybridized carbons (Fsp3) is 0.302. The number of aromatic nitrogens is 3. The van der Waals surface area contributed by atoms with Crippen molar-refractivity contribution in [2.24, 2.45) is 7.05 Å². The van der Waals surface area contributed by atoms with Crippen LogP contribution in [0.25, 0.3) is 55.9 Å². The minimum Gasteiger partial charge on any atom is -0.507 e. The summed E-state index contributed by atoms with van der Waals surface area (Å²) in [5.41, 5.74) is 13.7. The lowest BCUT2D eigenvalue weighted by atomic mass is 9.79. The Kier molecular flexibility index (Phi) is 7.58. The minimum atomic E-state index is -0.227. The highest BCUT2D eigenvalue weighted by molar-refractivity contribution is 5.96. The van der Waals surface area contributed by atoms with E-state index in [2.05, 4.69) is 144 Å². The molecule has 238 valence electrons. The van der Waals surface area contributed by atoms with Gasteiger partial charge in [-0.1, -0.05) is 96.1 Å². The van der Waals surface area contributed by atoms with Crippen LogP contribution in [-0.4, -0.2) is 19.6 Å². The number of hydrogen-bond acceptors (Lipinski definition) is 3. The van der Waals surface area contributed by atoms with Gasteiger partial charge in [0.05, 0.1) is 22.3 Å². The highest BCUT2D eigenvalue weighted by Gasteiger charge is 2.27. The summed E-state index contributed by atoms with van der Waals surface area (Å²) in [6.45, 7) is 13.1. The monoisotopic (exact) mass is 619 g/mol. The summed E-state index contributed by atoms with van der Waals surface area (Å²) >= 11 is 0. The third-order valence-corrected chi connectivity index (χ3v) is 9.76. The zero-order valence-electron chi connectivity index (χ0n) is 28.8. The van der Waals surface area contributed by atoms with E-state index in [-0.39, 0.29) is 10.8 Å². The molecule has 7 rings (SSSR count). The molecule has 0 saturated heterocycles. The van der Waals surface area contributed by atoms with Crippen LogP contribution in [0.2, 0.25) is 0 Å². The van der Waals surface area contributed by atoms with Crippen LogP contribution in [0.15, 0.2) is 91.0 Å². The number of aryl methyl sites for hydroxylation is 3. The van der Waals surface area contributed by atoms with E-state index in [4.69, 9.17) is 9.97 Å². The maximum absolute atomic E-state index is 11.8. The number of fused-ring (bicyclic) bond motifs is 2. The molecule has 0 bridgehead atoms. The molecule has 1 N–H and O–H groups in total. The van der Waals surface area contributed by atoms with Crippen LogP contribution in [-0.2, 0) is 30.7 Å². The van der Waals surface area contributed by atoms with Gasteiger partial charge < -0.3 is 9.67 Å². The zero-order valence-corrected chi connectivity index (χ0v) is 28.8. The molecule has 4 heteroatoms. The lowest BCUT2D eigenvalue weighted by molar-refractivity contribution is 0.446. The van der Waals surface area contributed by atoms with Crippen molar-refractivity contribution in [1.82, 2.24) is 14.5 Å². The van der Waals surface area contributed by atoms with Crippen LogP contribution in [0, 0.1) is 0 Å². The molecule has 2 aromatic heterocycles. The van der Waals surface area contributed by atoms with Crippen molar-refractivity contribution in [1.29, 1.82) is 0 Å². The summed E-state index contributed by atoms with van der Waals surface area (Å²) in [6, 6.07) is 32.5. The van der Waals surface area contributed by atoms with Gasteiger partial charge in [0, 0.05) is 29.4 Å². The lowest BCUT2D eigenvalue weighted by Crippen LogP contribution is -2.17. The van der Waals surface area contributed by atoms with E-state index >= 15 is 0 Å². The van der Waals surface area contributed by atoms with E-state index in [1.807, 2.05) is 0 Å². The van der Waals surface area contributed by atoms with Crippen LogP contribution < -0.4 is 0 Å². The first-order valence-corrected chi connectivity index (χ1v) is 16.9. The number of nitrogens with zero attached hydrogens (tertiary/aromatic N) is 3. The predicted octanol–water partition coefficient (Wildman–Crippen LogP) is 10.8. The smallest absolute Gasteiger partial charge is 0.144 e. The minimum absolute atomic E-state index is 0.0861. The summed E-state index contributed by atoms with van der Waals surface area (Å²) in [5.74, 6) is 1.06. The molecule has 0 aliphatic heterocycles. The van der Waals surface area contributed by atoms with Crippen molar-refractivity contribution in [3.05, 3.63) is 113 Å². The van der Waals surface area contributed by atoms with Crippen LogP contribution in [0.3, 0.4) is 0 Å². The average molecular weight is 620 g/mol. The van der Waals surface area contributed by atoms with Gasteiger partial charge in [0.25, 0.3) is 0 Å². The SMILES string of the molecule is Cn1c(-c2cc(C(C)(C)C)cc(C(C)(C)C)c2O)nc2c(-c3cc(-c4ccccc4)cc(-c4ccc5c(n4)CCCC5)c3)cccc21. The quantitative estimate of drug-likeness (QED) is 0.214. The van der Waals surface area contributed by atoms with Crippen molar-refractivity contribution >= 4 is 11.0 Å². The summed E-state index contributed by atoms with van der Waals surface area (Å²) < 4.78 is 2.12. The van der Waals surface area contributed by atoms with Crippen molar-refractivity contribution < 1.29 is 5.11 Å². The second-order valence-corrected chi connectivity index (χ2v) is 15.3. The number of phenolic OH excluding ortho intramolecular Hbond substituents is 1. The molecule has 0 spiro atoms. The number of hydrogen-bond donors (Lipinski definition) is 1. The van der Waals surface area contributed by atoms with Crippen molar-refractivity contribution in [3.63, 3.8) is 0 Å². The van der Waals surface area contributed by atoms with Crippen LogP contribution in [0.1, 0.15) is 76.8 Å². The number of phenols is 1. The molecule has 2 heterocycles. The molecule has 0 saturated carbocycles. The van der Waals surface area contributed by atoms with Gasteiger partial charge in [-0.25, -0.2) is 4.98 Å². The Morgan fingerprint density at radius 2 is 1.36 bits per heavy atom. The van der Waals surface area contributed by atoms with E-state index in [0.29, 0.717) is 5.75 Å². The van der Waals surface area contributed by atoms with Gasteiger partial charge in [-0.05, 0) is 101 Å². The molecule has 1 aliphatic rings. The fourth-order valence-electron chi connectivity index (χ4n) is 6.97. The second-order valence-electron chi connectivity index (χ2n) is 15.3. The highest BCUT2D eigenvalue weighted by Crippen LogP contribution is 2.43. The van der Waals surface area contributed by atoms with Gasteiger partial charge in [-0.15, -0.1) is 0 Å². The van der Waals surface area contributed by atoms with Crippen molar-refractivity contribution in [2.75, 3.05) is 0 Å². The number of benzene rings is 4. The van der Waals surface area contributed by atoms with Crippen molar-refractivity contribution in [3.8, 4) is 50.6 Å². The van der Waals surface area contributed by atoms with Crippen molar-refractivity contribution in [2.45, 2.75) is 78.1 Å². The van der Waals surface area contributed by atoms with Gasteiger partial charge in [0.15, 0.2) is 0 Å². The molecule has 0 fully saturated rings. The summed E-state index contributed by atoms with van der Waals surface area (Å²) in [4.78, 5) is 10.5. The zero-order chi connectivity index (χ0) is 33.1. The van der Waals surface area contributed by atoms with Crippen LogP contribution >= 0.6 is 0 Å². The maximum Gasteiger partial charge on any atom is 0.144 e. The molecule has 0 amide bonds. The third-order valence-electron chi connectivity index (χ3n) is 9.76. The molecular weight excluding hydrogens is 574 g/mol. The molecule has 0 radical (unpaired) electrons. The van der Waals surface area contributed by atoms with Gasteiger partial charge in [0.2, 0.25) is 0 Å². The average Bonchev–Trinajstić information content (AvgIpc) is 3.39. The Labute approximate surface area is 279 Å². The molecule has 0 unspecified atom stereocenters. The second kappa shape index (κ2) is 11.5. The number of pyridine rings is 1. The first kappa shape index (κ1) is 30.9. The Hall–Kier alpha value is -4.70. The maximum atomic E-state index is 11.8. The topological polar surface area (TPSA) is 50.9 Å².